The van der Waals surface area contributed by atoms with Crippen molar-refractivity contribution < 1.29 is 4.18 Å². The van der Waals surface area contributed by atoms with Gasteiger partial charge in [0.25, 0.3) is 0 Å². The summed E-state index contributed by atoms with van der Waals surface area (Å²) in [5.74, 6) is 0. The van der Waals surface area contributed by atoms with E-state index in [1.807, 2.05) is 0 Å². The van der Waals surface area contributed by atoms with Crippen LogP contribution in [0.15, 0.2) is 12.2 Å². The third kappa shape index (κ3) is 3.82. The van der Waals surface area contributed by atoms with Crippen molar-refractivity contribution in [3.63, 3.8) is 0 Å². The fourth-order valence-corrected chi connectivity index (χ4v) is 1.47. The molecule has 0 aromatic heterocycles. The third-order valence-electron chi connectivity index (χ3n) is 1.40. The van der Waals surface area contributed by atoms with E-state index < -0.39 is 0 Å². The topological polar surface area (TPSA) is 9.23 Å². The van der Waals surface area contributed by atoms with E-state index in [9.17, 15) is 0 Å². The Kier molecular flexibility index (Phi) is 3.02. The van der Waals surface area contributed by atoms with E-state index in [-0.39, 0.29) is 4.75 Å². The van der Waals surface area contributed by atoms with E-state index in [1.54, 1.807) is 12.0 Å². The molecule has 1 aliphatic carbocycles. The van der Waals surface area contributed by atoms with Crippen LogP contribution < -0.4 is 0 Å². The lowest BCUT2D eigenvalue weighted by Gasteiger charge is -2.19. The highest BCUT2D eigenvalue weighted by atomic mass is 32.2. The molecule has 11 heavy (non-hydrogen) atoms. The monoisotopic (exact) mass is 172 g/mol. The Balaban J connectivity index is 2.13. The van der Waals surface area contributed by atoms with Gasteiger partial charge in [-0.25, -0.2) is 0 Å². The lowest BCUT2D eigenvalue weighted by Crippen LogP contribution is -2.12. The summed E-state index contributed by atoms with van der Waals surface area (Å²) in [4.78, 5) is 0. The minimum absolute atomic E-state index is 0.225. The zero-order valence-electron chi connectivity index (χ0n) is 7.46. The van der Waals surface area contributed by atoms with Gasteiger partial charge in [0.05, 0.1) is 6.10 Å². The van der Waals surface area contributed by atoms with Crippen LogP contribution >= 0.6 is 12.0 Å². The second-order valence-corrected chi connectivity index (χ2v) is 5.44. The summed E-state index contributed by atoms with van der Waals surface area (Å²) in [6.45, 7) is 6.50. The van der Waals surface area contributed by atoms with Gasteiger partial charge in [-0.2, -0.15) is 0 Å². The van der Waals surface area contributed by atoms with Gasteiger partial charge in [-0.15, -0.1) is 0 Å². The summed E-state index contributed by atoms with van der Waals surface area (Å²) >= 11 is 1.59. The number of rotatable bonds is 2. The molecule has 0 heterocycles. The first-order valence-electron chi connectivity index (χ1n) is 4.07. The van der Waals surface area contributed by atoms with Crippen molar-refractivity contribution in [2.75, 3.05) is 0 Å². The van der Waals surface area contributed by atoms with Gasteiger partial charge >= 0.3 is 0 Å². The average molecular weight is 172 g/mol. The molecule has 1 aliphatic rings. The zero-order valence-corrected chi connectivity index (χ0v) is 8.28. The van der Waals surface area contributed by atoms with Crippen LogP contribution in [0.3, 0.4) is 0 Å². The first-order valence-corrected chi connectivity index (χ1v) is 4.81. The van der Waals surface area contributed by atoms with Crippen molar-refractivity contribution in [1.82, 2.24) is 0 Å². The molecule has 0 N–H and O–H groups in total. The molecule has 2 heteroatoms. The molecule has 1 nitrogen and oxygen atoms in total. The lowest BCUT2D eigenvalue weighted by molar-refractivity contribution is 0.254. The van der Waals surface area contributed by atoms with Gasteiger partial charge in [-0.05, 0) is 45.7 Å². The van der Waals surface area contributed by atoms with Crippen LogP contribution in [0.2, 0.25) is 0 Å². The van der Waals surface area contributed by atoms with Crippen LogP contribution in [0.5, 0.6) is 0 Å². The van der Waals surface area contributed by atoms with E-state index in [0.29, 0.717) is 6.10 Å². The summed E-state index contributed by atoms with van der Waals surface area (Å²) < 4.78 is 5.85. The predicted octanol–water partition coefficient (Wildman–Crippen LogP) is 3.17. The summed E-state index contributed by atoms with van der Waals surface area (Å²) in [7, 11) is 0. The SMILES string of the molecule is CC(C)(C)SOC1CC=CC1. The van der Waals surface area contributed by atoms with E-state index in [4.69, 9.17) is 4.18 Å². The van der Waals surface area contributed by atoms with Crippen LogP contribution in [0, 0.1) is 0 Å². The molecule has 0 amide bonds. The second-order valence-electron chi connectivity index (χ2n) is 3.86. The maximum absolute atomic E-state index is 5.62. The summed E-state index contributed by atoms with van der Waals surface area (Å²) in [6, 6.07) is 0. The highest BCUT2D eigenvalue weighted by Crippen LogP contribution is 2.28. The molecule has 0 saturated heterocycles. The smallest absolute Gasteiger partial charge is 0.0791 e. The second kappa shape index (κ2) is 3.63. The van der Waals surface area contributed by atoms with E-state index in [2.05, 4.69) is 32.9 Å². The normalized spacial score (nSPS) is 19.5. The number of hydrogen-bond acceptors (Lipinski definition) is 2. The minimum atomic E-state index is 0.225. The molecule has 0 spiro atoms. The van der Waals surface area contributed by atoms with E-state index >= 15 is 0 Å². The Morgan fingerprint density at radius 3 is 2.27 bits per heavy atom. The van der Waals surface area contributed by atoms with Crippen molar-refractivity contribution in [2.24, 2.45) is 0 Å². The van der Waals surface area contributed by atoms with Crippen LogP contribution in [0.25, 0.3) is 0 Å². The van der Waals surface area contributed by atoms with E-state index in [1.165, 1.54) is 0 Å². The molecule has 1 rings (SSSR count). The van der Waals surface area contributed by atoms with E-state index in [0.717, 1.165) is 12.8 Å². The fraction of sp³-hybridized carbons (Fsp3) is 0.778. The highest BCUT2D eigenvalue weighted by molar-refractivity contribution is 7.96. The molecule has 0 bridgehead atoms. The van der Waals surface area contributed by atoms with Crippen LogP contribution in [-0.4, -0.2) is 10.9 Å². The molecular weight excluding hydrogens is 156 g/mol. The molecule has 0 atom stereocenters. The lowest BCUT2D eigenvalue weighted by atomic mass is 10.3. The van der Waals surface area contributed by atoms with Gasteiger partial charge in [-0.3, -0.25) is 0 Å². The summed E-state index contributed by atoms with van der Waals surface area (Å²) in [5.41, 5.74) is 0. The third-order valence-corrected chi connectivity index (χ3v) is 2.27. The van der Waals surface area contributed by atoms with Gasteiger partial charge in [0.2, 0.25) is 0 Å². The van der Waals surface area contributed by atoms with Gasteiger partial charge in [0.1, 0.15) is 0 Å². The molecule has 64 valence electrons. The summed E-state index contributed by atoms with van der Waals surface area (Å²) in [6.07, 6.45) is 6.98. The molecular formula is C9H16OS. The quantitative estimate of drug-likeness (QED) is 0.467. The highest BCUT2D eigenvalue weighted by Gasteiger charge is 2.17. The number of hydrogen-bond donors (Lipinski definition) is 0. The van der Waals surface area contributed by atoms with Crippen LogP contribution in [-0.2, 0) is 4.18 Å². The van der Waals surface area contributed by atoms with Crippen LogP contribution in [0.4, 0.5) is 0 Å². The maximum atomic E-state index is 5.62. The summed E-state index contributed by atoms with van der Waals surface area (Å²) in [5, 5.41) is 0. The van der Waals surface area contributed by atoms with Crippen molar-refractivity contribution in [3.05, 3.63) is 12.2 Å². The molecule has 0 fully saturated rings. The molecule has 0 radical (unpaired) electrons. The van der Waals surface area contributed by atoms with Gasteiger partial charge in [0.15, 0.2) is 0 Å². The zero-order chi connectivity index (χ0) is 8.32. The van der Waals surface area contributed by atoms with Crippen molar-refractivity contribution in [1.29, 1.82) is 0 Å². The first-order chi connectivity index (χ1) is 5.08. The fourth-order valence-electron chi connectivity index (χ4n) is 0.883. The Bertz CT molecular complexity index is 138. The van der Waals surface area contributed by atoms with Crippen LogP contribution in [0.1, 0.15) is 33.6 Å². The Hall–Kier alpha value is 0.0500. The average Bonchev–Trinajstić information content (AvgIpc) is 2.32. The Morgan fingerprint density at radius 2 is 1.82 bits per heavy atom. The van der Waals surface area contributed by atoms with Crippen molar-refractivity contribution in [3.8, 4) is 0 Å². The van der Waals surface area contributed by atoms with Gasteiger partial charge in [0, 0.05) is 4.75 Å². The molecule has 0 aliphatic heterocycles. The maximum Gasteiger partial charge on any atom is 0.0791 e. The molecule has 0 aromatic carbocycles. The predicted molar refractivity (Wildman–Crippen MR) is 50.6 cm³/mol. The first kappa shape index (κ1) is 9.14. The molecule has 0 aromatic rings. The van der Waals surface area contributed by atoms with Gasteiger partial charge < -0.3 is 4.18 Å². The largest absolute Gasteiger partial charge is 0.311 e. The van der Waals surface area contributed by atoms with Crippen molar-refractivity contribution in [2.45, 2.75) is 44.5 Å². The molecule has 0 saturated carbocycles. The molecule has 0 unspecified atom stereocenters. The van der Waals surface area contributed by atoms with Crippen molar-refractivity contribution >= 4 is 12.0 Å². The standard InChI is InChI=1S/C9H16OS/c1-9(2,3)11-10-8-6-4-5-7-8/h4-5,8H,6-7H2,1-3H3. The van der Waals surface area contributed by atoms with Gasteiger partial charge in [-0.1, -0.05) is 12.2 Å². The Labute approximate surface area is 73.4 Å². The Morgan fingerprint density at radius 1 is 1.27 bits per heavy atom. The minimum Gasteiger partial charge on any atom is -0.311 e.